The first-order chi connectivity index (χ1) is 17.3. The van der Waals surface area contributed by atoms with E-state index in [1.54, 1.807) is 36.4 Å². The lowest BCUT2D eigenvalue weighted by atomic mass is 9.74. The summed E-state index contributed by atoms with van der Waals surface area (Å²) < 4.78 is 47.0. The number of piperidine rings is 1. The normalized spacial score (nSPS) is 15.1. The molecule has 4 nitrogen and oxygen atoms in total. The van der Waals surface area contributed by atoms with Gasteiger partial charge in [0, 0.05) is 5.41 Å². The molecule has 1 N–H and O–H groups in total. The molecule has 0 radical (unpaired) electrons. The molecule has 36 heavy (non-hydrogen) atoms. The fourth-order valence-corrected chi connectivity index (χ4v) is 4.74. The van der Waals surface area contributed by atoms with Gasteiger partial charge in [0.2, 0.25) is 0 Å². The number of ether oxygens (including phenoxy) is 1. The van der Waals surface area contributed by atoms with E-state index in [1.807, 2.05) is 24.3 Å². The number of rotatable bonds is 7. The number of alkyl halides is 3. The van der Waals surface area contributed by atoms with Crippen molar-refractivity contribution in [2.24, 2.45) is 5.41 Å². The maximum absolute atomic E-state index is 13.6. The van der Waals surface area contributed by atoms with Gasteiger partial charge in [0.25, 0.3) is 0 Å². The monoisotopic (exact) mass is 489 g/mol. The Morgan fingerprint density at radius 2 is 1.56 bits per heavy atom. The summed E-state index contributed by atoms with van der Waals surface area (Å²) in [5.74, 6) is 0. The summed E-state index contributed by atoms with van der Waals surface area (Å²) in [6.07, 6.45) is -1.99. The molecule has 184 valence electrons. The van der Waals surface area contributed by atoms with Crippen LogP contribution in [0.3, 0.4) is 0 Å². The molecular weight excluding hydrogens is 463 g/mol. The molecule has 0 saturated carbocycles. The minimum atomic E-state index is -4.49. The van der Waals surface area contributed by atoms with Gasteiger partial charge < -0.3 is 10.1 Å². The third kappa shape index (κ3) is 6.31. The van der Waals surface area contributed by atoms with Crippen LogP contribution in [0.15, 0.2) is 66.7 Å². The molecule has 4 rings (SSSR count). The summed E-state index contributed by atoms with van der Waals surface area (Å²) in [6.45, 7) is 2.15. The lowest BCUT2D eigenvalue weighted by Gasteiger charge is -2.37. The Morgan fingerprint density at radius 1 is 0.833 bits per heavy atom. The Morgan fingerprint density at radius 3 is 2.22 bits per heavy atom. The van der Waals surface area contributed by atoms with Gasteiger partial charge in [0.05, 0.1) is 42.0 Å². The van der Waals surface area contributed by atoms with Crippen molar-refractivity contribution >= 4 is 0 Å². The van der Waals surface area contributed by atoms with Gasteiger partial charge in [-0.2, -0.15) is 23.7 Å². The van der Waals surface area contributed by atoms with E-state index < -0.39 is 11.7 Å². The molecule has 1 saturated heterocycles. The second kappa shape index (κ2) is 11.0. The molecule has 3 aromatic rings. The minimum absolute atomic E-state index is 0.0562. The van der Waals surface area contributed by atoms with Crippen molar-refractivity contribution in [2.45, 2.75) is 32.0 Å². The summed E-state index contributed by atoms with van der Waals surface area (Å²) in [5.41, 5.74) is 2.70. The fraction of sp³-hybridized carbons (Fsp3) is 0.310. The Hall–Kier alpha value is -3.65. The zero-order valence-electron chi connectivity index (χ0n) is 19.7. The van der Waals surface area contributed by atoms with Gasteiger partial charge in [-0.3, -0.25) is 0 Å². The van der Waals surface area contributed by atoms with Gasteiger partial charge in [0.15, 0.2) is 0 Å². The number of benzene rings is 3. The van der Waals surface area contributed by atoms with Crippen LogP contribution >= 0.6 is 0 Å². The minimum Gasteiger partial charge on any atom is -0.376 e. The van der Waals surface area contributed by atoms with Gasteiger partial charge >= 0.3 is 6.18 Å². The number of nitrogens with zero attached hydrogens (tertiary/aromatic N) is 2. The van der Waals surface area contributed by atoms with Crippen LogP contribution in [0.2, 0.25) is 0 Å². The molecule has 1 fully saturated rings. The Balaban J connectivity index is 1.54. The summed E-state index contributed by atoms with van der Waals surface area (Å²) in [5, 5.41) is 21.6. The SMILES string of the molecule is N#Cc1ccc(-c2cc(COCC3(Cc4cccc(C#N)c4)CCNCC3)cc(C(F)(F)F)c2)cc1. The first kappa shape index (κ1) is 25.4. The molecule has 0 aliphatic carbocycles. The molecule has 1 aliphatic heterocycles. The van der Waals surface area contributed by atoms with Crippen LogP contribution in [-0.4, -0.2) is 19.7 Å². The third-order valence-electron chi connectivity index (χ3n) is 6.64. The zero-order chi connectivity index (χ0) is 25.6. The average Bonchev–Trinajstić information content (AvgIpc) is 2.88. The molecule has 7 heteroatoms. The van der Waals surface area contributed by atoms with Crippen molar-refractivity contribution < 1.29 is 17.9 Å². The van der Waals surface area contributed by atoms with Gasteiger partial charge in [-0.1, -0.05) is 24.3 Å². The van der Waals surface area contributed by atoms with Crippen LogP contribution in [0, 0.1) is 28.1 Å². The molecule has 0 bridgehead atoms. The van der Waals surface area contributed by atoms with Gasteiger partial charge in [-0.15, -0.1) is 0 Å². The van der Waals surface area contributed by atoms with Crippen LogP contribution in [0.1, 0.15) is 40.7 Å². The van der Waals surface area contributed by atoms with Crippen molar-refractivity contribution in [1.29, 1.82) is 10.5 Å². The van der Waals surface area contributed by atoms with E-state index in [1.165, 1.54) is 0 Å². The highest BCUT2D eigenvalue weighted by Crippen LogP contribution is 2.36. The molecule has 0 amide bonds. The Kier molecular flexibility index (Phi) is 7.74. The third-order valence-corrected chi connectivity index (χ3v) is 6.64. The molecule has 0 spiro atoms. The van der Waals surface area contributed by atoms with E-state index in [2.05, 4.69) is 11.4 Å². The first-order valence-corrected chi connectivity index (χ1v) is 11.8. The first-order valence-electron chi connectivity index (χ1n) is 11.8. The Labute approximate surface area is 208 Å². The van der Waals surface area contributed by atoms with Crippen LogP contribution in [-0.2, 0) is 23.9 Å². The highest BCUT2D eigenvalue weighted by molar-refractivity contribution is 5.66. The molecule has 3 aromatic carbocycles. The van der Waals surface area contributed by atoms with Crippen LogP contribution < -0.4 is 5.32 Å². The van der Waals surface area contributed by atoms with Gasteiger partial charge in [0.1, 0.15) is 0 Å². The lowest BCUT2D eigenvalue weighted by molar-refractivity contribution is -0.137. The van der Waals surface area contributed by atoms with E-state index in [0.717, 1.165) is 50.0 Å². The number of hydrogen-bond donors (Lipinski definition) is 1. The average molecular weight is 490 g/mol. The van der Waals surface area contributed by atoms with Crippen LogP contribution in [0.4, 0.5) is 13.2 Å². The van der Waals surface area contributed by atoms with Crippen molar-refractivity contribution in [3.8, 4) is 23.3 Å². The van der Waals surface area contributed by atoms with Crippen molar-refractivity contribution in [3.63, 3.8) is 0 Å². The van der Waals surface area contributed by atoms with Crippen LogP contribution in [0.5, 0.6) is 0 Å². The largest absolute Gasteiger partial charge is 0.416 e. The van der Waals surface area contributed by atoms with E-state index in [-0.39, 0.29) is 12.0 Å². The van der Waals surface area contributed by atoms with Crippen molar-refractivity contribution in [3.05, 3.63) is 94.5 Å². The smallest absolute Gasteiger partial charge is 0.376 e. The second-order valence-corrected chi connectivity index (χ2v) is 9.34. The molecule has 0 atom stereocenters. The summed E-state index contributed by atoms with van der Waals surface area (Å²) in [7, 11) is 0. The number of nitriles is 2. The zero-order valence-corrected chi connectivity index (χ0v) is 19.7. The Bertz CT molecular complexity index is 1280. The number of hydrogen-bond acceptors (Lipinski definition) is 4. The summed E-state index contributed by atoms with van der Waals surface area (Å²) in [6, 6.07) is 22.2. The molecule has 0 unspecified atom stereocenters. The van der Waals surface area contributed by atoms with E-state index in [0.29, 0.717) is 34.4 Å². The summed E-state index contributed by atoms with van der Waals surface area (Å²) >= 11 is 0. The van der Waals surface area contributed by atoms with E-state index in [9.17, 15) is 18.4 Å². The fourth-order valence-electron chi connectivity index (χ4n) is 4.74. The predicted octanol–water partition coefficient (Wildman–Crippen LogP) is 6.24. The summed E-state index contributed by atoms with van der Waals surface area (Å²) in [4.78, 5) is 0. The van der Waals surface area contributed by atoms with Crippen molar-refractivity contribution in [1.82, 2.24) is 5.32 Å². The van der Waals surface area contributed by atoms with Gasteiger partial charge in [-0.25, -0.2) is 0 Å². The lowest BCUT2D eigenvalue weighted by Crippen LogP contribution is -2.41. The molecule has 0 aromatic heterocycles. The predicted molar refractivity (Wildman–Crippen MR) is 131 cm³/mol. The molecule has 1 heterocycles. The maximum atomic E-state index is 13.6. The number of nitrogens with one attached hydrogen (secondary N) is 1. The van der Waals surface area contributed by atoms with E-state index >= 15 is 0 Å². The molecular formula is C29H26F3N3O. The maximum Gasteiger partial charge on any atom is 0.416 e. The molecule has 1 aliphatic rings. The van der Waals surface area contributed by atoms with Crippen LogP contribution in [0.25, 0.3) is 11.1 Å². The van der Waals surface area contributed by atoms with E-state index in [4.69, 9.17) is 10.00 Å². The highest BCUT2D eigenvalue weighted by atomic mass is 19.4. The quantitative estimate of drug-likeness (QED) is 0.426. The van der Waals surface area contributed by atoms with Gasteiger partial charge in [-0.05, 0) is 97.1 Å². The van der Waals surface area contributed by atoms with Crippen molar-refractivity contribution in [2.75, 3.05) is 19.7 Å². The number of halogens is 3. The highest BCUT2D eigenvalue weighted by Gasteiger charge is 2.33. The topological polar surface area (TPSA) is 68.8 Å². The standard InChI is InChI=1S/C29H26F3N3O/c30-29(31,32)27-14-24(13-26(15-27)25-6-4-21(17-33)5-7-25)19-36-20-28(8-10-35-11-9-28)16-22-2-1-3-23(12-22)18-34/h1-7,12-15,35H,8-11,16,19-20H2. The second-order valence-electron chi connectivity index (χ2n) is 9.34.